The lowest BCUT2D eigenvalue weighted by Crippen LogP contribution is -2.13. The summed E-state index contributed by atoms with van der Waals surface area (Å²) in [6.07, 6.45) is 0.895. The van der Waals surface area contributed by atoms with Crippen LogP contribution in [0.3, 0.4) is 0 Å². The van der Waals surface area contributed by atoms with Crippen molar-refractivity contribution in [3.05, 3.63) is 64.4 Å². The molecule has 0 heterocycles. The van der Waals surface area contributed by atoms with E-state index in [1.54, 1.807) is 30.3 Å². The van der Waals surface area contributed by atoms with Crippen LogP contribution >= 0.6 is 15.9 Å². The zero-order valence-corrected chi connectivity index (χ0v) is 13.4. The Morgan fingerprint density at radius 3 is 2.45 bits per heavy atom. The lowest BCUT2D eigenvalue weighted by Gasteiger charge is -2.06. The highest BCUT2D eigenvalue weighted by molar-refractivity contribution is 9.10. The van der Waals surface area contributed by atoms with Crippen molar-refractivity contribution in [1.29, 1.82) is 0 Å². The number of ketones is 1. The molecule has 3 nitrogen and oxygen atoms in total. The highest BCUT2D eigenvalue weighted by Gasteiger charge is 2.09. The van der Waals surface area contributed by atoms with E-state index < -0.39 is 5.82 Å². The molecule has 0 aromatic heterocycles. The van der Waals surface area contributed by atoms with Gasteiger partial charge in [-0.1, -0.05) is 46.3 Å². The fourth-order valence-corrected chi connectivity index (χ4v) is 2.31. The average Bonchev–Trinajstić information content (AvgIpc) is 2.51. The zero-order chi connectivity index (χ0) is 15.9. The molecule has 1 amide bonds. The first-order valence-corrected chi connectivity index (χ1v) is 7.69. The second kappa shape index (κ2) is 7.84. The molecule has 0 bridgehead atoms. The van der Waals surface area contributed by atoms with E-state index in [0.29, 0.717) is 22.9 Å². The third-order valence-corrected chi connectivity index (χ3v) is 3.60. The van der Waals surface area contributed by atoms with Crippen LogP contribution in [-0.4, -0.2) is 11.7 Å². The maximum Gasteiger partial charge on any atom is 0.224 e. The molecule has 0 fully saturated rings. The third-order valence-electron chi connectivity index (χ3n) is 3.11. The minimum Gasteiger partial charge on any atom is -0.324 e. The molecule has 0 atom stereocenters. The molecule has 0 spiro atoms. The molecule has 2 aromatic carbocycles. The Bertz CT molecular complexity index is 674. The van der Waals surface area contributed by atoms with Gasteiger partial charge in [0.05, 0.1) is 5.69 Å². The van der Waals surface area contributed by atoms with E-state index in [4.69, 9.17) is 0 Å². The first-order valence-electron chi connectivity index (χ1n) is 6.89. The molecule has 0 aliphatic rings. The van der Waals surface area contributed by atoms with Crippen molar-refractivity contribution in [1.82, 2.24) is 0 Å². The van der Waals surface area contributed by atoms with Gasteiger partial charge in [-0.2, -0.15) is 0 Å². The number of hydrogen-bond donors (Lipinski definition) is 1. The summed E-state index contributed by atoms with van der Waals surface area (Å²) < 4.78 is 14.2. The van der Waals surface area contributed by atoms with Gasteiger partial charge >= 0.3 is 0 Å². The second-order valence-electron chi connectivity index (χ2n) is 4.82. The molecule has 22 heavy (non-hydrogen) atoms. The van der Waals surface area contributed by atoms with Crippen LogP contribution in [0.15, 0.2) is 53.0 Å². The molecule has 0 radical (unpaired) electrons. The zero-order valence-electron chi connectivity index (χ0n) is 11.8. The number of benzene rings is 2. The van der Waals surface area contributed by atoms with Crippen molar-refractivity contribution in [2.75, 3.05) is 5.32 Å². The van der Waals surface area contributed by atoms with Crippen LogP contribution in [0.2, 0.25) is 0 Å². The van der Waals surface area contributed by atoms with Crippen molar-refractivity contribution in [3.8, 4) is 0 Å². The van der Waals surface area contributed by atoms with Gasteiger partial charge in [0.2, 0.25) is 5.91 Å². The van der Waals surface area contributed by atoms with Crippen LogP contribution in [-0.2, 0) is 4.79 Å². The molecule has 0 saturated heterocycles. The molecular formula is C17H15BrFNO2. The van der Waals surface area contributed by atoms with Crippen LogP contribution in [0.5, 0.6) is 0 Å². The number of hydrogen-bond acceptors (Lipinski definition) is 2. The third kappa shape index (κ3) is 4.77. The van der Waals surface area contributed by atoms with Crippen molar-refractivity contribution >= 4 is 33.3 Å². The summed E-state index contributed by atoms with van der Waals surface area (Å²) in [6, 6.07) is 13.4. The molecule has 0 saturated carbocycles. The topological polar surface area (TPSA) is 46.2 Å². The minimum atomic E-state index is -0.497. The molecule has 0 aliphatic carbocycles. The number of halogens is 2. The Morgan fingerprint density at radius 2 is 1.77 bits per heavy atom. The Morgan fingerprint density at radius 1 is 1.05 bits per heavy atom. The number of nitrogens with one attached hydrogen (secondary N) is 1. The molecule has 114 valence electrons. The van der Waals surface area contributed by atoms with Gasteiger partial charge in [-0.25, -0.2) is 4.39 Å². The van der Waals surface area contributed by atoms with Gasteiger partial charge in [0.25, 0.3) is 0 Å². The lowest BCUT2D eigenvalue weighted by molar-refractivity contribution is -0.116. The maximum atomic E-state index is 13.6. The smallest absolute Gasteiger partial charge is 0.224 e. The first kappa shape index (κ1) is 16.4. The Labute approximate surface area is 136 Å². The van der Waals surface area contributed by atoms with Gasteiger partial charge in [0.15, 0.2) is 5.78 Å². The fourth-order valence-electron chi connectivity index (χ4n) is 1.98. The fraction of sp³-hybridized carbons (Fsp3) is 0.176. The summed E-state index contributed by atoms with van der Waals surface area (Å²) in [5, 5.41) is 2.50. The van der Waals surface area contributed by atoms with Crippen molar-refractivity contribution in [2.24, 2.45) is 0 Å². The van der Waals surface area contributed by atoms with Crippen LogP contribution in [0.4, 0.5) is 10.1 Å². The quantitative estimate of drug-likeness (QED) is 0.763. The summed E-state index contributed by atoms with van der Waals surface area (Å²) in [4.78, 5) is 23.6. The molecule has 0 aliphatic heterocycles. The van der Waals surface area contributed by atoms with Crippen LogP contribution in [0.25, 0.3) is 0 Å². The summed E-state index contributed by atoms with van der Waals surface area (Å²) in [5.41, 5.74) is 0.782. The average molecular weight is 364 g/mol. The lowest BCUT2D eigenvalue weighted by atomic mass is 10.1. The summed E-state index contributed by atoms with van der Waals surface area (Å²) in [7, 11) is 0. The minimum absolute atomic E-state index is 0.00298. The van der Waals surface area contributed by atoms with Gasteiger partial charge in [-0.05, 0) is 24.6 Å². The Balaban J connectivity index is 1.80. The number of Topliss-reactive ketones (excluding diaryl/α,β-unsaturated/α-hetero) is 1. The van der Waals surface area contributed by atoms with Gasteiger partial charge in [0, 0.05) is 22.9 Å². The summed E-state index contributed by atoms with van der Waals surface area (Å²) >= 11 is 3.15. The largest absolute Gasteiger partial charge is 0.324 e. The van der Waals surface area contributed by atoms with Gasteiger partial charge in [0.1, 0.15) is 5.82 Å². The van der Waals surface area contributed by atoms with Crippen molar-refractivity contribution < 1.29 is 14.0 Å². The highest BCUT2D eigenvalue weighted by atomic mass is 79.9. The number of carbonyl (C=O) groups excluding carboxylic acids is 2. The van der Waals surface area contributed by atoms with E-state index in [1.807, 2.05) is 6.07 Å². The number of anilines is 1. The second-order valence-corrected chi connectivity index (χ2v) is 5.73. The number of amides is 1. The molecule has 0 unspecified atom stereocenters. The normalized spacial score (nSPS) is 10.3. The maximum absolute atomic E-state index is 13.6. The standard InChI is InChI=1S/C17H15BrFNO2/c18-13-9-10-15(14(19)11-13)20-17(22)8-4-7-16(21)12-5-2-1-3-6-12/h1-3,5-6,9-11H,4,7-8H2,(H,20,22). The van der Waals surface area contributed by atoms with Gasteiger partial charge in [-0.3, -0.25) is 9.59 Å². The first-order chi connectivity index (χ1) is 10.6. The molecule has 2 rings (SSSR count). The summed E-state index contributed by atoms with van der Waals surface area (Å²) in [5.74, 6) is -0.798. The van der Waals surface area contributed by atoms with E-state index in [0.717, 1.165) is 0 Å². The van der Waals surface area contributed by atoms with Crippen molar-refractivity contribution in [3.63, 3.8) is 0 Å². The van der Waals surface area contributed by atoms with E-state index in [1.165, 1.54) is 12.1 Å². The molecular weight excluding hydrogens is 349 g/mol. The molecule has 1 N–H and O–H groups in total. The van der Waals surface area contributed by atoms with E-state index in [9.17, 15) is 14.0 Å². The highest BCUT2D eigenvalue weighted by Crippen LogP contribution is 2.19. The predicted octanol–water partition coefficient (Wildman–Crippen LogP) is 4.58. The molecule has 5 heteroatoms. The number of rotatable bonds is 6. The van der Waals surface area contributed by atoms with Gasteiger partial charge < -0.3 is 5.32 Å². The monoisotopic (exact) mass is 363 g/mol. The SMILES string of the molecule is O=C(CCCC(=O)c1ccccc1)Nc1ccc(Br)cc1F. The van der Waals surface area contributed by atoms with E-state index in [-0.39, 0.29) is 23.8 Å². The van der Waals surface area contributed by atoms with Crippen LogP contribution in [0.1, 0.15) is 29.6 Å². The Hall–Kier alpha value is -2.01. The van der Waals surface area contributed by atoms with Crippen LogP contribution in [0, 0.1) is 5.82 Å². The van der Waals surface area contributed by atoms with Crippen LogP contribution < -0.4 is 5.32 Å². The molecule has 2 aromatic rings. The summed E-state index contributed by atoms with van der Waals surface area (Å²) in [6.45, 7) is 0. The van der Waals surface area contributed by atoms with E-state index in [2.05, 4.69) is 21.2 Å². The predicted molar refractivity (Wildman–Crippen MR) is 87.4 cm³/mol. The van der Waals surface area contributed by atoms with Crippen molar-refractivity contribution in [2.45, 2.75) is 19.3 Å². The number of carbonyl (C=O) groups is 2. The van der Waals surface area contributed by atoms with Gasteiger partial charge in [-0.15, -0.1) is 0 Å². The Kier molecular flexibility index (Phi) is 5.83. The van der Waals surface area contributed by atoms with E-state index >= 15 is 0 Å².